The fourth-order valence-electron chi connectivity index (χ4n) is 2.31. The van der Waals surface area contributed by atoms with Gasteiger partial charge in [0.2, 0.25) is 11.8 Å². The minimum Gasteiger partial charge on any atom is -0.368 e. The van der Waals surface area contributed by atoms with E-state index in [-0.39, 0.29) is 18.1 Å². The zero-order chi connectivity index (χ0) is 16.8. The fraction of sp³-hybridized carbons (Fsp3) is 0.222. The van der Waals surface area contributed by atoms with E-state index in [1.807, 2.05) is 31.2 Å². The summed E-state index contributed by atoms with van der Waals surface area (Å²) >= 11 is 0. The molecule has 0 saturated heterocycles. The van der Waals surface area contributed by atoms with E-state index in [0.717, 1.165) is 11.1 Å². The van der Waals surface area contributed by atoms with Crippen molar-refractivity contribution in [1.82, 2.24) is 5.32 Å². The van der Waals surface area contributed by atoms with Crippen LogP contribution < -0.4 is 11.1 Å². The predicted molar refractivity (Wildman–Crippen MR) is 86.1 cm³/mol. The molecule has 2 rings (SSSR count). The number of amides is 2. The van der Waals surface area contributed by atoms with Crippen molar-refractivity contribution >= 4 is 11.8 Å². The van der Waals surface area contributed by atoms with Crippen LogP contribution >= 0.6 is 0 Å². The first-order valence-electron chi connectivity index (χ1n) is 7.33. The quantitative estimate of drug-likeness (QED) is 0.854. The molecule has 0 spiro atoms. The van der Waals surface area contributed by atoms with Crippen molar-refractivity contribution in [1.29, 1.82) is 0 Å². The van der Waals surface area contributed by atoms with Crippen LogP contribution in [0.3, 0.4) is 0 Å². The Labute approximate surface area is 134 Å². The second kappa shape index (κ2) is 7.54. The number of halogens is 1. The maximum atomic E-state index is 12.9. The van der Waals surface area contributed by atoms with Crippen molar-refractivity contribution in [2.75, 3.05) is 0 Å². The molecule has 0 bridgehead atoms. The minimum absolute atomic E-state index is 0.0673. The number of primary amides is 1. The number of carbonyl (C=O) groups excluding carboxylic acids is 2. The molecule has 5 heteroatoms. The highest BCUT2D eigenvalue weighted by atomic mass is 19.1. The summed E-state index contributed by atoms with van der Waals surface area (Å²) in [6.45, 7) is 1.94. The first kappa shape index (κ1) is 16.7. The van der Waals surface area contributed by atoms with Crippen molar-refractivity contribution < 1.29 is 14.0 Å². The van der Waals surface area contributed by atoms with Gasteiger partial charge in [-0.2, -0.15) is 0 Å². The lowest BCUT2D eigenvalue weighted by molar-refractivity contribution is -0.127. The molecule has 0 fully saturated rings. The Hall–Kier alpha value is -2.69. The molecule has 120 valence electrons. The molecule has 0 aliphatic carbocycles. The van der Waals surface area contributed by atoms with Crippen molar-refractivity contribution in [2.24, 2.45) is 5.73 Å². The van der Waals surface area contributed by atoms with E-state index in [9.17, 15) is 14.0 Å². The number of aryl methyl sites for hydroxylation is 1. The van der Waals surface area contributed by atoms with Gasteiger partial charge in [-0.05, 0) is 35.7 Å². The molecule has 3 N–H and O–H groups in total. The zero-order valence-corrected chi connectivity index (χ0v) is 12.9. The van der Waals surface area contributed by atoms with Crippen LogP contribution in [0.15, 0.2) is 48.5 Å². The van der Waals surface area contributed by atoms with Crippen LogP contribution in [-0.4, -0.2) is 17.9 Å². The number of nitrogens with one attached hydrogen (secondary N) is 1. The molecule has 2 amide bonds. The Morgan fingerprint density at radius 1 is 1.13 bits per heavy atom. The van der Waals surface area contributed by atoms with Gasteiger partial charge in [-0.3, -0.25) is 9.59 Å². The second-order valence-corrected chi connectivity index (χ2v) is 5.46. The summed E-state index contributed by atoms with van der Waals surface area (Å²) in [6.07, 6.45) is 0.412. The van der Waals surface area contributed by atoms with Crippen molar-refractivity contribution in [3.8, 4) is 0 Å². The van der Waals surface area contributed by atoms with Gasteiger partial charge in [0, 0.05) is 6.42 Å². The molecule has 0 aliphatic heterocycles. The Morgan fingerprint density at radius 2 is 1.78 bits per heavy atom. The molecule has 23 heavy (non-hydrogen) atoms. The van der Waals surface area contributed by atoms with E-state index in [4.69, 9.17) is 5.73 Å². The maximum absolute atomic E-state index is 12.9. The van der Waals surface area contributed by atoms with Crippen LogP contribution in [0.25, 0.3) is 0 Å². The summed E-state index contributed by atoms with van der Waals surface area (Å²) in [5.41, 5.74) is 8.05. The SMILES string of the molecule is Cc1ccccc1C[C@@H](NC(=O)Cc1ccc(F)cc1)C(N)=O. The van der Waals surface area contributed by atoms with Crippen molar-refractivity contribution in [2.45, 2.75) is 25.8 Å². The van der Waals surface area contributed by atoms with Gasteiger partial charge in [0.15, 0.2) is 0 Å². The van der Waals surface area contributed by atoms with E-state index < -0.39 is 11.9 Å². The summed E-state index contributed by atoms with van der Waals surface area (Å²) in [7, 11) is 0. The molecule has 0 aromatic heterocycles. The van der Waals surface area contributed by atoms with Crippen LogP contribution in [0.1, 0.15) is 16.7 Å². The van der Waals surface area contributed by atoms with E-state index in [2.05, 4.69) is 5.32 Å². The third-order valence-electron chi connectivity index (χ3n) is 3.64. The maximum Gasteiger partial charge on any atom is 0.240 e. The lowest BCUT2D eigenvalue weighted by Crippen LogP contribution is -2.46. The molecule has 0 saturated carbocycles. The van der Waals surface area contributed by atoms with E-state index in [1.165, 1.54) is 24.3 Å². The summed E-state index contributed by atoms with van der Waals surface area (Å²) in [6, 6.07) is 12.5. The Bertz CT molecular complexity index is 698. The van der Waals surface area contributed by atoms with Crippen molar-refractivity contribution in [3.05, 3.63) is 71.0 Å². The number of benzene rings is 2. The Morgan fingerprint density at radius 3 is 2.39 bits per heavy atom. The first-order chi connectivity index (χ1) is 11.0. The summed E-state index contributed by atoms with van der Waals surface area (Å²) in [5.74, 6) is -1.27. The Balaban J connectivity index is 2.01. The molecular weight excluding hydrogens is 295 g/mol. The predicted octanol–water partition coefficient (Wildman–Crippen LogP) is 1.89. The number of hydrogen-bond donors (Lipinski definition) is 2. The van der Waals surface area contributed by atoms with Crippen LogP contribution in [0.5, 0.6) is 0 Å². The lowest BCUT2D eigenvalue weighted by Gasteiger charge is -2.17. The van der Waals surface area contributed by atoms with Crippen molar-refractivity contribution in [3.63, 3.8) is 0 Å². The largest absolute Gasteiger partial charge is 0.368 e. The third kappa shape index (κ3) is 4.92. The smallest absolute Gasteiger partial charge is 0.240 e. The number of carbonyl (C=O) groups is 2. The van der Waals surface area contributed by atoms with Gasteiger partial charge in [0.25, 0.3) is 0 Å². The van der Waals surface area contributed by atoms with E-state index in [1.54, 1.807) is 0 Å². The molecule has 1 atom stereocenters. The molecule has 0 aliphatic rings. The topological polar surface area (TPSA) is 72.2 Å². The molecule has 0 radical (unpaired) electrons. The van der Waals surface area contributed by atoms with Gasteiger partial charge in [-0.25, -0.2) is 4.39 Å². The standard InChI is InChI=1S/C18H19FN2O2/c1-12-4-2-3-5-14(12)11-16(18(20)23)21-17(22)10-13-6-8-15(19)9-7-13/h2-9,16H,10-11H2,1H3,(H2,20,23)(H,21,22)/t16-/m1/s1. The number of hydrogen-bond acceptors (Lipinski definition) is 2. The van der Waals surface area contributed by atoms with Crippen LogP contribution in [0.4, 0.5) is 4.39 Å². The Kier molecular flexibility index (Phi) is 5.46. The average Bonchev–Trinajstić information content (AvgIpc) is 2.51. The monoisotopic (exact) mass is 314 g/mol. The van der Waals surface area contributed by atoms with Crippen LogP contribution in [-0.2, 0) is 22.4 Å². The van der Waals surface area contributed by atoms with Gasteiger partial charge >= 0.3 is 0 Å². The fourth-order valence-corrected chi connectivity index (χ4v) is 2.31. The summed E-state index contributed by atoms with van der Waals surface area (Å²) in [5, 5.41) is 2.65. The average molecular weight is 314 g/mol. The number of rotatable bonds is 6. The van der Waals surface area contributed by atoms with Gasteiger partial charge < -0.3 is 11.1 Å². The van der Waals surface area contributed by atoms with E-state index in [0.29, 0.717) is 12.0 Å². The van der Waals surface area contributed by atoms with E-state index >= 15 is 0 Å². The molecule has 2 aromatic rings. The highest BCUT2D eigenvalue weighted by Gasteiger charge is 2.19. The number of nitrogens with two attached hydrogens (primary N) is 1. The molecule has 2 aromatic carbocycles. The normalized spacial score (nSPS) is 11.7. The third-order valence-corrected chi connectivity index (χ3v) is 3.64. The van der Waals surface area contributed by atoms with Gasteiger partial charge in [0.1, 0.15) is 11.9 Å². The lowest BCUT2D eigenvalue weighted by atomic mass is 10.0. The second-order valence-electron chi connectivity index (χ2n) is 5.46. The molecule has 4 nitrogen and oxygen atoms in total. The molecule has 0 heterocycles. The van der Waals surface area contributed by atoms with Gasteiger partial charge in [0.05, 0.1) is 6.42 Å². The minimum atomic E-state index is -0.774. The highest BCUT2D eigenvalue weighted by Crippen LogP contribution is 2.10. The highest BCUT2D eigenvalue weighted by molar-refractivity contribution is 5.87. The summed E-state index contributed by atoms with van der Waals surface area (Å²) in [4.78, 5) is 23.7. The molecule has 0 unspecified atom stereocenters. The van der Waals surface area contributed by atoms with Gasteiger partial charge in [-0.1, -0.05) is 36.4 Å². The molecular formula is C18H19FN2O2. The van der Waals surface area contributed by atoms with Crippen LogP contribution in [0.2, 0.25) is 0 Å². The van der Waals surface area contributed by atoms with Crippen LogP contribution in [0, 0.1) is 12.7 Å². The first-order valence-corrected chi connectivity index (χ1v) is 7.33. The van der Waals surface area contributed by atoms with Gasteiger partial charge in [-0.15, -0.1) is 0 Å². The zero-order valence-electron chi connectivity index (χ0n) is 12.9. The summed E-state index contributed by atoms with van der Waals surface area (Å²) < 4.78 is 12.9.